The Kier molecular flexibility index (Phi) is 2.91. The van der Waals surface area contributed by atoms with Crippen molar-refractivity contribution in [2.45, 2.75) is 0 Å². The Morgan fingerprint density at radius 3 is 2.80 bits per heavy atom. The zero-order valence-electron chi connectivity index (χ0n) is 7.81. The number of thiophene rings is 1. The fourth-order valence-corrected chi connectivity index (χ4v) is 1.72. The lowest BCUT2D eigenvalue weighted by atomic mass is 10.3. The summed E-state index contributed by atoms with van der Waals surface area (Å²) in [6.07, 6.45) is 2.53. The minimum atomic E-state index is 0.695. The van der Waals surface area contributed by atoms with Crippen LogP contribution < -0.4 is 0 Å². The van der Waals surface area contributed by atoms with Gasteiger partial charge in [0.2, 0.25) is 0 Å². The second-order valence-electron chi connectivity index (χ2n) is 2.78. The van der Waals surface area contributed by atoms with Crippen LogP contribution in [0.4, 0.5) is 0 Å². The van der Waals surface area contributed by atoms with Gasteiger partial charge in [-0.3, -0.25) is 4.79 Å². The number of nitrogens with zero attached hydrogens (tertiary/aromatic N) is 1. The smallest absolute Gasteiger partial charge is 0.160 e. The van der Waals surface area contributed by atoms with Gasteiger partial charge in [0.25, 0.3) is 0 Å². The van der Waals surface area contributed by atoms with Crippen molar-refractivity contribution in [2.75, 3.05) is 0 Å². The summed E-state index contributed by atoms with van der Waals surface area (Å²) in [4.78, 5) is 16.1. The van der Waals surface area contributed by atoms with Gasteiger partial charge in [0.1, 0.15) is 5.69 Å². The maximum atomic E-state index is 10.4. The van der Waals surface area contributed by atoms with E-state index in [0.29, 0.717) is 4.88 Å². The van der Waals surface area contributed by atoms with Crippen LogP contribution in [0.1, 0.15) is 20.2 Å². The Balaban J connectivity index is 2.22. The molecule has 0 atom stereocenters. The maximum Gasteiger partial charge on any atom is 0.160 e. The molecule has 72 valence electrons. The average molecular weight is 213 g/mol. The fourth-order valence-electron chi connectivity index (χ4n) is 1.05. The monoisotopic (exact) mass is 213 g/mol. The van der Waals surface area contributed by atoms with Gasteiger partial charge in [0.15, 0.2) is 6.29 Å². The summed E-state index contributed by atoms with van der Waals surface area (Å²) in [5, 5.41) is 0. The predicted octanol–water partition coefficient (Wildman–Crippen LogP) is 2.36. The molecule has 15 heavy (non-hydrogen) atoms. The summed E-state index contributed by atoms with van der Waals surface area (Å²) in [6.45, 7) is 0. The molecule has 2 nitrogen and oxygen atoms in total. The Labute approximate surface area is 91.6 Å². The van der Waals surface area contributed by atoms with E-state index in [2.05, 4.69) is 16.8 Å². The number of carbonyl (C=O) groups excluding carboxylic acids is 1. The lowest BCUT2D eigenvalue weighted by Crippen LogP contribution is -1.77. The van der Waals surface area contributed by atoms with Gasteiger partial charge in [0, 0.05) is 6.20 Å². The molecule has 2 aromatic rings. The van der Waals surface area contributed by atoms with Crippen molar-refractivity contribution in [1.29, 1.82) is 0 Å². The molecule has 3 heteroatoms. The minimum Gasteiger partial charge on any atom is -0.297 e. The number of hydrogen-bond acceptors (Lipinski definition) is 3. The molecule has 0 aliphatic heterocycles. The highest BCUT2D eigenvalue weighted by Crippen LogP contribution is 2.12. The molecule has 0 radical (unpaired) electrons. The van der Waals surface area contributed by atoms with E-state index in [1.807, 2.05) is 24.3 Å². The first-order valence-corrected chi connectivity index (χ1v) is 5.18. The number of rotatable bonds is 1. The normalized spacial score (nSPS) is 9.07. The van der Waals surface area contributed by atoms with Gasteiger partial charge >= 0.3 is 0 Å². The van der Waals surface area contributed by atoms with E-state index < -0.39 is 0 Å². The number of aldehydes is 1. The molecule has 0 aliphatic carbocycles. The highest BCUT2D eigenvalue weighted by Gasteiger charge is 1.94. The SMILES string of the molecule is O=Cc1ccc(C#Cc2ccccn2)s1. The van der Waals surface area contributed by atoms with Crippen molar-refractivity contribution < 1.29 is 4.79 Å². The highest BCUT2D eigenvalue weighted by molar-refractivity contribution is 7.14. The lowest BCUT2D eigenvalue weighted by molar-refractivity contribution is 0.112. The predicted molar refractivity (Wildman–Crippen MR) is 59.9 cm³/mol. The third-order valence-corrected chi connectivity index (χ3v) is 2.65. The van der Waals surface area contributed by atoms with Gasteiger partial charge in [-0.15, -0.1) is 11.3 Å². The molecule has 0 fully saturated rings. The van der Waals surface area contributed by atoms with Crippen molar-refractivity contribution in [1.82, 2.24) is 4.98 Å². The van der Waals surface area contributed by atoms with Crippen LogP contribution in [-0.2, 0) is 0 Å². The average Bonchev–Trinajstić information content (AvgIpc) is 2.76. The van der Waals surface area contributed by atoms with Gasteiger partial charge in [0.05, 0.1) is 9.75 Å². The first kappa shape index (κ1) is 9.63. The van der Waals surface area contributed by atoms with Gasteiger partial charge in [-0.05, 0) is 36.1 Å². The molecule has 0 unspecified atom stereocenters. The summed E-state index contributed by atoms with van der Waals surface area (Å²) in [5.74, 6) is 5.89. The maximum absolute atomic E-state index is 10.4. The second-order valence-corrected chi connectivity index (χ2v) is 3.90. The summed E-state index contributed by atoms with van der Waals surface area (Å²) in [7, 11) is 0. The van der Waals surface area contributed by atoms with Crippen LogP contribution in [0.5, 0.6) is 0 Å². The molecule has 0 N–H and O–H groups in total. The minimum absolute atomic E-state index is 0.695. The molecule has 2 heterocycles. The van der Waals surface area contributed by atoms with Crippen molar-refractivity contribution in [3.63, 3.8) is 0 Å². The standard InChI is InChI=1S/C12H7NOS/c14-9-12-7-6-11(15-12)5-4-10-3-1-2-8-13-10/h1-3,6-9H. The van der Waals surface area contributed by atoms with Crippen LogP contribution in [0.25, 0.3) is 0 Å². The second kappa shape index (κ2) is 4.54. The van der Waals surface area contributed by atoms with Crippen molar-refractivity contribution in [3.8, 4) is 11.8 Å². The van der Waals surface area contributed by atoms with E-state index in [-0.39, 0.29) is 0 Å². The largest absolute Gasteiger partial charge is 0.297 e. The van der Waals surface area contributed by atoms with E-state index >= 15 is 0 Å². The third-order valence-electron chi connectivity index (χ3n) is 1.72. The zero-order valence-corrected chi connectivity index (χ0v) is 8.62. The van der Waals surface area contributed by atoms with E-state index in [9.17, 15) is 4.79 Å². The molecular formula is C12H7NOS. The Morgan fingerprint density at radius 2 is 2.13 bits per heavy atom. The molecule has 0 spiro atoms. The van der Waals surface area contributed by atoms with Crippen LogP contribution in [0.2, 0.25) is 0 Å². The van der Waals surface area contributed by atoms with Crippen LogP contribution in [0, 0.1) is 11.8 Å². The first-order valence-electron chi connectivity index (χ1n) is 4.36. The molecule has 0 aliphatic rings. The van der Waals surface area contributed by atoms with Crippen molar-refractivity contribution in [3.05, 3.63) is 52.0 Å². The van der Waals surface area contributed by atoms with Crippen LogP contribution >= 0.6 is 11.3 Å². The summed E-state index contributed by atoms with van der Waals surface area (Å²) in [6, 6.07) is 9.19. The Hall–Kier alpha value is -1.92. The quantitative estimate of drug-likeness (QED) is 0.537. The fraction of sp³-hybridized carbons (Fsp3) is 0. The Morgan fingerprint density at radius 1 is 1.20 bits per heavy atom. The van der Waals surface area contributed by atoms with E-state index in [1.165, 1.54) is 11.3 Å². The molecule has 0 amide bonds. The van der Waals surface area contributed by atoms with Crippen molar-refractivity contribution in [2.24, 2.45) is 0 Å². The third kappa shape index (κ3) is 2.52. The number of carbonyl (C=O) groups is 1. The van der Waals surface area contributed by atoms with Gasteiger partial charge in [-0.25, -0.2) is 4.98 Å². The molecule has 0 saturated carbocycles. The molecular weight excluding hydrogens is 206 g/mol. The first-order chi connectivity index (χ1) is 7.38. The highest BCUT2D eigenvalue weighted by atomic mass is 32.1. The number of aromatic nitrogens is 1. The van der Waals surface area contributed by atoms with Gasteiger partial charge < -0.3 is 0 Å². The van der Waals surface area contributed by atoms with Crippen molar-refractivity contribution >= 4 is 17.6 Å². The topological polar surface area (TPSA) is 30.0 Å². The van der Waals surface area contributed by atoms with E-state index in [0.717, 1.165) is 16.9 Å². The van der Waals surface area contributed by atoms with E-state index in [4.69, 9.17) is 0 Å². The molecule has 0 saturated heterocycles. The van der Waals surface area contributed by atoms with Gasteiger partial charge in [-0.2, -0.15) is 0 Å². The summed E-state index contributed by atoms with van der Waals surface area (Å²) in [5.41, 5.74) is 0.735. The van der Waals surface area contributed by atoms with Crippen LogP contribution in [-0.4, -0.2) is 11.3 Å². The molecule has 2 aromatic heterocycles. The van der Waals surface area contributed by atoms with E-state index in [1.54, 1.807) is 12.3 Å². The number of pyridine rings is 1. The molecule has 0 aromatic carbocycles. The zero-order chi connectivity index (χ0) is 10.5. The Bertz CT molecular complexity index is 519. The summed E-state index contributed by atoms with van der Waals surface area (Å²) < 4.78 is 0. The molecule has 0 bridgehead atoms. The summed E-state index contributed by atoms with van der Waals surface area (Å²) >= 11 is 1.38. The van der Waals surface area contributed by atoms with Gasteiger partial charge in [-0.1, -0.05) is 6.07 Å². The number of hydrogen-bond donors (Lipinski definition) is 0. The molecule has 2 rings (SSSR count). The van der Waals surface area contributed by atoms with Crippen LogP contribution in [0.15, 0.2) is 36.5 Å². The van der Waals surface area contributed by atoms with Crippen LogP contribution in [0.3, 0.4) is 0 Å². The lowest BCUT2D eigenvalue weighted by Gasteiger charge is -1.84.